The summed E-state index contributed by atoms with van der Waals surface area (Å²) in [6, 6.07) is 4.25. The molecule has 0 radical (unpaired) electrons. The first-order chi connectivity index (χ1) is 17.4. The van der Waals surface area contributed by atoms with E-state index in [-0.39, 0.29) is 27.5 Å². The van der Waals surface area contributed by atoms with Crippen LogP contribution in [0.4, 0.5) is 0 Å². The zero-order valence-corrected chi connectivity index (χ0v) is 22.9. The number of nitrogens with one attached hydrogen (secondary N) is 1. The van der Waals surface area contributed by atoms with E-state index in [1.807, 2.05) is 20.8 Å². The minimum Gasteiger partial charge on any atom is -0.478 e. The topological polar surface area (TPSA) is 128 Å². The molecule has 1 spiro atoms. The van der Waals surface area contributed by atoms with Crippen molar-refractivity contribution >= 4 is 21.7 Å². The van der Waals surface area contributed by atoms with E-state index in [1.54, 1.807) is 11.6 Å². The average molecular weight is 532 g/mol. The van der Waals surface area contributed by atoms with Gasteiger partial charge in [0.05, 0.1) is 21.9 Å². The van der Waals surface area contributed by atoms with E-state index >= 15 is 0 Å². The number of aryl methyl sites for hydroxylation is 1. The van der Waals surface area contributed by atoms with Crippen molar-refractivity contribution in [2.45, 2.75) is 71.2 Å². The average Bonchev–Trinajstić information content (AvgIpc) is 3.11. The normalized spacial score (nSPS) is 17.8. The number of hydrogen-bond acceptors (Lipinski definition) is 6. The number of carboxylic acids is 1. The van der Waals surface area contributed by atoms with Gasteiger partial charge in [-0.15, -0.1) is 0 Å². The Morgan fingerprint density at radius 2 is 1.92 bits per heavy atom. The Labute approximate surface area is 218 Å². The second kappa shape index (κ2) is 10.2. The highest BCUT2D eigenvalue weighted by Crippen LogP contribution is 2.39. The number of hydrogen-bond donors (Lipinski definition) is 2. The SMILES string of the molecule is CCn1nc(CC(C)(C)Cc2cc(S(=O)(=O)CC)ccc2C(=O)O)c2c1C(=O)NCC1(CCOCC1)C2. The number of ether oxygens (including phenoxy) is 1. The molecule has 1 fully saturated rings. The van der Waals surface area contributed by atoms with Crippen LogP contribution in [0.5, 0.6) is 0 Å². The zero-order chi connectivity index (χ0) is 27.0. The van der Waals surface area contributed by atoms with Gasteiger partial charge in [0.2, 0.25) is 0 Å². The summed E-state index contributed by atoms with van der Waals surface area (Å²) in [6.07, 6.45) is 3.34. The highest BCUT2D eigenvalue weighted by Gasteiger charge is 2.40. The summed E-state index contributed by atoms with van der Waals surface area (Å²) in [7, 11) is -3.48. The van der Waals surface area contributed by atoms with Crippen LogP contribution >= 0.6 is 0 Å². The first kappa shape index (κ1) is 27.3. The molecule has 9 nitrogen and oxygen atoms in total. The van der Waals surface area contributed by atoms with Crippen molar-refractivity contribution in [2.24, 2.45) is 10.8 Å². The lowest BCUT2D eigenvalue weighted by atomic mass is 9.74. The fourth-order valence-corrected chi connectivity index (χ4v) is 6.55. The summed E-state index contributed by atoms with van der Waals surface area (Å²) in [5.41, 5.74) is 2.48. The molecule has 1 aromatic heterocycles. The molecule has 0 unspecified atom stereocenters. The van der Waals surface area contributed by atoms with Crippen molar-refractivity contribution < 1.29 is 27.9 Å². The number of amides is 1. The Bertz CT molecular complexity index is 1310. The third-order valence-electron chi connectivity index (χ3n) is 7.74. The van der Waals surface area contributed by atoms with Crippen molar-refractivity contribution in [3.05, 3.63) is 46.3 Å². The van der Waals surface area contributed by atoms with Crippen LogP contribution in [0.25, 0.3) is 0 Å². The van der Waals surface area contributed by atoms with Crippen molar-refractivity contribution in [1.82, 2.24) is 15.1 Å². The fraction of sp³-hybridized carbons (Fsp3) is 0.593. The van der Waals surface area contributed by atoms with Crippen LogP contribution in [0.3, 0.4) is 0 Å². The number of carbonyl (C=O) groups excluding carboxylic acids is 1. The summed E-state index contributed by atoms with van der Waals surface area (Å²) in [6.45, 7) is 10.1. The first-order valence-corrected chi connectivity index (χ1v) is 14.6. The van der Waals surface area contributed by atoms with E-state index < -0.39 is 21.2 Å². The molecule has 0 saturated carbocycles. The van der Waals surface area contributed by atoms with Gasteiger partial charge in [-0.25, -0.2) is 13.2 Å². The molecule has 1 saturated heterocycles. The Hall–Kier alpha value is -2.72. The number of fused-ring (bicyclic) bond motifs is 1. The minimum absolute atomic E-state index is 0.0578. The Kier molecular flexibility index (Phi) is 7.54. The number of rotatable bonds is 8. The van der Waals surface area contributed by atoms with Crippen LogP contribution in [-0.2, 0) is 40.4 Å². The van der Waals surface area contributed by atoms with E-state index in [2.05, 4.69) is 5.32 Å². The second-order valence-electron chi connectivity index (χ2n) is 11.1. The lowest BCUT2D eigenvalue weighted by molar-refractivity contribution is 0.0160. The summed E-state index contributed by atoms with van der Waals surface area (Å²) < 4.78 is 32.4. The van der Waals surface area contributed by atoms with Gasteiger partial charge >= 0.3 is 5.97 Å². The summed E-state index contributed by atoms with van der Waals surface area (Å²) in [4.78, 5) is 25.2. The summed E-state index contributed by atoms with van der Waals surface area (Å²) >= 11 is 0. The molecule has 2 N–H and O–H groups in total. The number of carboxylic acid groups (broad SMARTS) is 1. The molecule has 202 valence electrons. The quantitative estimate of drug-likeness (QED) is 0.535. The molecule has 4 rings (SSSR count). The first-order valence-electron chi connectivity index (χ1n) is 12.9. The Morgan fingerprint density at radius 3 is 2.54 bits per heavy atom. The maximum Gasteiger partial charge on any atom is 0.335 e. The molecule has 2 aromatic rings. The molecule has 37 heavy (non-hydrogen) atoms. The highest BCUT2D eigenvalue weighted by atomic mass is 32.2. The zero-order valence-electron chi connectivity index (χ0n) is 22.1. The van der Waals surface area contributed by atoms with Gasteiger partial charge in [-0.2, -0.15) is 5.10 Å². The van der Waals surface area contributed by atoms with Crippen molar-refractivity contribution in [3.8, 4) is 0 Å². The number of aromatic carboxylic acids is 1. The van der Waals surface area contributed by atoms with Gasteiger partial charge in [0.15, 0.2) is 9.84 Å². The summed E-state index contributed by atoms with van der Waals surface area (Å²) in [5.74, 6) is -1.26. The Morgan fingerprint density at radius 1 is 1.22 bits per heavy atom. The maximum absolute atomic E-state index is 13.1. The summed E-state index contributed by atoms with van der Waals surface area (Å²) in [5, 5.41) is 17.7. The standard InChI is InChI=1S/C27H37N3O6S/c1-5-30-23-21(15-27(17-28-24(23)31)9-11-36-12-10-27)22(29-30)16-26(3,4)14-18-13-19(37(34,35)6-2)7-8-20(18)25(32)33/h7-8,13H,5-6,9-12,14-17H2,1-4H3,(H,28,31)(H,32,33). The predicted octanol–water partition coefficient (Wildman–Crippen LogP) is 3.29. The van der Waals surface area contributed by atoms with Gasteiger partial charge in [0.1, 0.15) is 5.69 Å². The number of benzene rings is 1. The van der Waals surface area contributed by atoms with Crippen LogP contribution in [0.2, 0.25) is 0 Å². The second-order valence-corrected chi connectivity index (χ2v) is 13.4. The third kappa shape index (κ3) is 5.60. The lowest BCUT2D eigenvalue weighted by Crippen LogP contribution is -2.40. The van der Waals surface area contributed by atoms with Gasteiger partial charge in [-0.05, 0) is 73.6 Å². The highest BCUT2D eigenvalue weighted by molar-refractivity contribution is 7.91. The molecule has 10 heteroatoms. The Balaban J connectivity index is 1.71. The number of sulfone groups is 1. The van der Waals surface area contributed by atoms with Crippen LogP contribution in [0.1, 0.15) is 78.2 Å². The van der Waals surface area contributed by atoms with Gasteiger partial charge in [-0.1, -0.05) is 20.8 Å². The van der Waals surface area contributed by atoms with E-state index in [9.17, 15) is 23.1 Å². The maximum atomic E-state index is 13.1. The van der Waals surface area contributed by atoms with Gasteiger partial charge in [0.25, 0.3) is 5.91 Å². The molecule has 0 bridgehead atoms. The monoisotopic (exact) mass is 531 g/mol. The van der Waals surface area contributed by atoms with Crippen LogP contribution in [0.15, 0.2) is 23.1 Å². The van der Waals surface area contributed by atoms with Gasteiger partial charge in [0, 0.05) is 31.9 Å². The lowest BCUT2D eigenvalue weighted by Gasteiger charge is -2.36. The molecule has 0 atom stereocenters. The van der Waals surface area contributed by atoms with Crippen molar-refractivity contribution in [2.75, 3.05) is 25.5 Å². The molecule has 2 aliphatic rings. The molecular weight excluding hydrogens is 494 g/mol. The molecule has 2 aliphatic heterocycles. The molecule has 1 aromatic carbocycles. The fourth-order valence-electron chi connectivity index (χ4n) is 5.62. The van der Waals surface area contributed by atoms with Crippen molar-refractivity contribution in [3.63, 3.8) is 0 Å². The third-order valence-corrected chi connectivity index (χ3v) is 9.47. The van der Waals surface area contributed by atoms with E-state index in [1.165, 1.54) is 18.2 Å². The predicted molar refractivity (Wildman–Crippen MR) is 139 cm³/mol. The largest absolute Gasteiger partial charge is 0.478 e. The van der Waals surface area contributed by atoms with Crippen LogP contribution in [-0.4, -0.2) is 60.7 Å². The minimum atomic E-state index is -3.48. The molecule has 3 heterocycles. The molecule has 0 aliphatic carbocycles. The van der Waals surface area contributed by atoms with Crippen LogP contribution in [0, 0.1) is 10.8 Å². The van der Waals surface area contributed by atoms with E-state index in [0.29, 0.717) is 50.4 Å². The van der Waals surface area contributed by atoms with Gasteiger partial charge in [-0.3, -0.25) is 9.48 Å². The number of carbonyl (C=O) groups is 2. The van der Waals surface area contributed by atoms with Crippen molar-refractivity contribution in [1.29, 1.82) is 0 Å². The van der Waals surface area contributed by atoms with E-state index in [0.717, 1.165) is 30.5 Å². The molecular formula is C27H37N3O6S. The number of nitrogens with zero attached hydrogens (tertiary/aromatic N) is 2. The van der Waals surface area contributed by atoms with E-state index in [4.69, 9.17) is 9.84 Å². The van der Waals surface area contributed by atoms with Crippen LogP contribution < -0.4 is 5.32 Å². The number of aromatic nitrogens is 2. The van der Waals surface area contributed by atoms with Gasteiger partial charge < -0.3 is 15.2 Å². The molecule has 1 amide bonds. The smallest absolute Gasteiger partial charge is 0.335 e.